The summed E-state index contributed by atoms with van der Waals surface area (Å²) in [6.07, 6.45) is 0. The molecule has 0 bridgehead atoms. The third-order valence-corrected chi connectivity index (χ3v) is 4.79. The van der Waals surface area contributed by atoms with Crippen LogP contribution in [0.5, 0.6) is 5.75 Å². The second-order valence-corrected chi connectivity index (χ2v) is 6.82. The molecular formula is C21H15BrN2O5. The summed E-state index contributed by atoms with van der Waals surface area (Å²) >= 11 is 3.41. The maximum atomic E-state index is 12.9. The molecule has 8 heteroatoms. The molecule has 3 aromatic rings. The number of halogens is 1. The van der Waals surface area contributed by atoms with Crippen LogP contribution in [-0.2, 0) is 16.1 Å². The van der Waals surface area contributed by atoms with Gasteiger partial charge in [-0.2, -0.15) is 0 Å². The molecule has 29 heavy (non-hydrogen) atoms. The van der Waals surface area contributed by atoms with Crippen molar-refractivity contribution in [2.75, 3.05) is 4.90 Å². The maximum absolute atomic E-state index is 12.9. The fraction of sp³-hybridized carbons (Fsp3) is 0.0476. The number of esters is 1. The van der Waals surface area contributed by atoms with E-state index in [2.05, 4.69) is 15.9 Å². The lowest BCUT2D eigenvalue weighted by Gasteiger charge is -2.22. The molecule has 7 nitrogen and oxygen atoms in total. The number of amides is 1. The van der Waals surface area contributed by atoms with Crippen molar-refractivity contribution in [1.82, 2.24) is 0 Å². The Balaban J connectivity index is 1.94. The van der Waals surface area contributed by atoms with Crippen molar-refractivity contribution < 1.29 is 19.2 Å². The molecule has 3 rings (SSSR count). The Labute approximate surface area is 174 Å². The van der Waals surface area contributed by atoms with E-state index >= 15 is 0 Å². The molecule has 0 unspecified atom stereocenters. The van der Waals surface area contributed by atoms with E-state index < -0.39 is 16.8 Å². The summed E-state index contributed by atoms with van der Waals surface area (Å²) in [5.74, 6) is -1.80. The lowest BCUT2D eigenvalue weighted by Crippen LogP contribution is -2.38. The van der Waals surface area contributed by atoms with Crippen molar-refractivity contribution in [1.29, 1.82) is 0 Å². The van der Waals surface area contributed by atoms with Gasteiger partial charge in [-0.15, -0.1) is 0 Å². The molecule has 0 spiro atoms. The highest BCUT2D eigenvalue weighted by Gasteiger charge is 2.27. The van der Waals surface area contributed by atoms with Crippen LogP contribution in [0, 0.1) is 10.1 Å². The molecule has 0 aliphatic carbocycles. The summed E-state index contributed by atoms with van der Waals surface area (Å²) in [5.41, 5.74) is 0.744. The molecule has 0 atom stereocenters. The number of nitro groups is 1. The minimum atomic E-state index is -1.09. The minimum absolute atomic E-state index is 0.0192. The van der Waals surface area contributed by atoms with Crippen LogP contribution in [-0.4, -0.2) is 16.8 Å². The van der Waals surface area contributed by atoms with Crippen LogP contribution in [0.2, 0.25) is 0 Å². The van der Waals surface area contributed by atoms with Gasteiger partial charge < -0.3 is 4.74 Å². The van der Waals surface area contributed by atoms with Crippen LogP contribution in [0.3, 0.4) is 0 Å². The van der Waals surface area contributed by atoms with E-state index in [1.54, 1.807) is 48.5 Å². The zero-order valence-electron chi connectivity index (χ0n) is 15.0. The van der Waals surface area contributed by atoms with E-state index in [1.165, 1.54) is 24.3 Å². The number of nitro benzene ring substituents is 1. The number of rotatable bonds is 5. The molecule has 0 aromatic heterocycles. The predicted molar refractivity (Wildman–Crippen MR) is 111 cm³/mol. The second kappa shape index (κ2) is 9.11. The van der Waals surface area contributed by atoms with Gasteiger partial charge in [0.05, 0.1) is 17.2 Å². The van der Waals surface area contributed by atoms with Gasteiger partial charge in [-0.05, 0) is 29.8 Å². The Morgan fingerprint density at radius 2 is 1.66 bits per heavy atom. The van der Waals surface area contributed by atoms with Crippen molar-refractivity contribution in [2.45, 2.75) is 6.54 Å². The van der Waals surface area contributed by atoms with Crippen LogP contribution < -0.4 is 9.64 Å². The molecule has 0 heterocycles. The topological polar surface area (TPSA) is 89.8 Å². The zero-order chi connectivity index (χ0) is 20.8. The number of carbonyl (C=O) groups excluding carboxylic acids is 2. The van der Waals surface area contributed by atoms with Crippen molar-refractivity contribution in [3.05, 3.63) is 99.0 Å². The van der Waals surface area contributed by atoms with Crippen molar-refractivity contribution in [3.63, 3.8) is 0 Å². The molecule has 0 saturated heterocycles. The molecule has 0 saturated carbocycles. The van der Waals surface area contributed by atoms with Gasteiger partial charge in [-0.3, -0.25) is 19.8 Å². The Morgan fingerprint density at radius 1 is 0.966 bits per heavy atom. The average Bonchev–Trinajstić information content (AvgIpc) is 2.73. The predicted octanol–water partition coefficient (Wildman–Crippen LogP) is 4.50. The summed E-state index contributed by atoms with van der Waals surface area (Å²) < 4.78 is 5.88. The summed E-state index contributed by atoms with van der Waals surface area (Å²) in [5, 5.41) is 11.1. The maximum Gasteiger partial charge on any atom is 0.402 e. The number of carbonyl (C=O) groups is 2. The first-order valence-electron chi connectivity index (χ1n) is 8.52. The van der Waals surface area contributed by atoms with E-state index in [0.29, 0.717) is 0 Å². The Hall–Kier alpha value is -3.52. The number of anilines is 1. The number of hydrogen-bond donors (Lipinski definition) is 0. The lowest BCUT2D eigenvalue weighted by molar-refractivity contribution is -0.384. The van der Waals surface area contributed by atoms with E-state index in [1.807, 2.05) is 6.07 Å². The summed E-state index contributed by atoms with van der Waals surface area (Å²) in [4.78, 5) is 37.1. The van der Waals surface area contributed by atoms with Crippen molar-refractivity contribution in [3.8, 4) is 5.75 Å². The highest BCUT2D eigenvalue weighted by Crippen LogP contribution is 2.26. The van der Waals surface area contributed by atoms with Crippen LogP contribution in [0.25, 0.3) is 0 Å². The van der Waals surface area contributed by atoms with E-state index in [-0.39, 0.29) is 23.7 Å². The number of non-ortho nitro benzene ring substituents is 1. The minimum Gasteiger partial charge on any atom is -0.419 e. The molecule has 0 aliphatic rings. The standard InChI is InChI=1S/C21H15BrN2O5/c22-19-12-5-4-7-15(19)14-23(16-8-6-9-17(13-16)24(27)28)20(25)21(26)29-18-10-2-1-3-11-18/h1-13H,14H2. The monoisotopic (exact) mass is 454 g/mol. The zero-order valence-corrected chi connectivity index (χ0v) is 16.6. The van der Waals surface area contributed by atoms with Gasteiger partial charge in [0.15, 0.2) is 0 Å². The fourth-order valence-electron chi connectivity index (χ4n) is 2.60. The molecule has 0 N–H and O–H groups in total. The van der Waals surface area contributed by atoms with Gasteiger partial charge in [0.1, 0.15) is 5.75 Å². The highest BCUT2D eigenvalue weighted by molar-refractivity contribution is 9.10. The van der Waals surface area contributed by atoms with Crippen LogP contribution in [0.4, 0.5) is 11.4 Å². The van der Waals surface area contributed by atoms with Gasteiger partial charge in [0.2, 0.25) is 0 Å². The molecule has 1 amide bonds. The fourth-order valence-corrected chi connectivity index (χ4v) is 3.01. The number of hydrogen-bond acceptors (Lipinski definition) is 5. The van der Waals surface area contributed by atoms with E-state index in [0.717, 1.165) is 14.9 Å². The Morgan fingerprint density at radius 3 is 2.34 bits per heavy atom. The summed E-state index contributed by atoms with van der Waals surface area (Å²) in [7, 11) is 0. The molecular weight excluding hydrogens is 440 g/mol. The van der Waals surface area contributed by atoms with Gasteiger partial charge in [-0.25, -0.2) is 4.79 Å². The van der Waals surface area contributed by atoms with Gasteiger partial charge in [-0.1, -0.05) is 58.4 Å². The molecule has 0 radical (unpaired) electrons. The first-order valence-corrected chi connectivity index (χ1v) is 9.31. The third-order valence-electron chi connectivity index (χ3n) is 4.01. The smallest absolute Gasteiger partial charge is 0.402 e. The Kier molecular flexibility index (Phi) is 6.36. The number of para-hydroxylation sites is 1. The van der Waals surface area contributed by atoms with E-state index in [4.69, 9.17) is 4.74 Å². The lowest BCUT2D eigenvalue weighted by atomic mass is 10.2. The van der Waals surface area contributed by atoms with Gasteiger partial charge in [0.25, 0.3) is 5.69 Å². The van der Waals surface area contributed by atoms with Crippen LogP contribution in [0.1, 0.15) is 5.56 Å². The molecule has 3 aromatic carbocycles. The van der Waals surface area contributed by atoms with E-state index in [9.17, 15) is 19.7 Å². The second-order valence-electron chi connectivity index (χ2n) is 5.96. The summed E-state index contributed by atoms with van der Waals surface area (Å²) in [6, 6.07) is 20.9. The molecule has 146 valence electrons. The third kappa shape index (κ3) is 5.05. The first-order chi connectivity index (χ1) is 14.0. The largest absolute Gasteiger partial charge is 0.419 e. The van der Waals surface area contributed by atoms with Crippen LogP contribution >= 0.6 is 15.9 Å². The van der Waals surface area contributed by atoms with Crippen molar-refractivity contribution in [2.24, 2.45) is 0 Å². The highest BCUT2D eigenvalue weighted by atomic mass is 79.9. The molecule has 0 aliphatic heterocycles. The summed E-state index contributed by atoms with van der Waals surface area (Å²) in [6.45, 7) is 0.0192. The number of ether oxygens (including phenoxy) is 1. The Bertz CT molecular complexity index is 1060. The van der Waals surface area contributed by atoms with Crippen LogP contribution in [0.15, 0.2) is 83.3 Å². The van der Waals surface area contributed by atoms with Gasteiger partial charge >= 0.3 is 11.9 Å². The first kappa shape index (κ1) is 20.2. The number of nitrogens with zero attached hydrogens (tertiary/aromatic N) is 2. The normalized spacial score (nSPS) is 10.2. The quantitative estimate of drug-likeness (QED) is 0.186. The molecule has 0 fully saturated rings. The number of benzene rings is 3. The SMILES string of the molecule is O=C(Oc1ccccc1)C(=O)N(Cc1ccccc1Br)c1cccc([N+](=O)[O-])c1. The van der Waals surface area contributed by atoms with Gasteiger partial charge in [0, 0.05) is 16.6 Å². The average molecular weight is 455 g/mol. The van der Waals surface area contributed by atoms with Crippen molar-refractivity contribution >= 4 is 39.2 Å².